The van der Waals surface area contributed by atoms with Gasteiger partial charge in [-0.3, -0.25) is 4.79 Å². The van der Waals surface area contributed by atoms with Crippen molar-refractivity contribution in [3.8, 4) is 0 Å². The molecular weight excluding hydrogens is 254 g/mol. The summed E-state index contributed by atoms with van der Waals surface area (Å²) in [5, 5.41) is 3.66. The lowest BCUT2D eigenvalue weighted by Crippen LogP contribution is -2.35. The summed E-state index contributed by atoms with van der Waals surface area (Å²) >= 11 is 7.51. The van der Waals surface area contributed by atoms with Gasteiger partial charge in [-0.05, 0) is 24.3 Å². The molecule has 2 nitrogen and oxygen atoms in total. The molecule has 1 rings (SSSR count). The molecule has 0 saturated heterocycles. The van der Waals surface area contributed by atoms with Crippen molar-refractivity contribution in [3.63, 3.8) is 0 Å². The van der Waals surface area contributed by atoms with E-state index in [0.717, 1.165) is 10.8 Å². The van der Waals surface area contributed by atoms with Crippen LogP contribution in [0.4, 0.5) is 0 Å². The van der Waals surface area contributed by atoms with Gasteiger partial charge in [0.25, 0.3) is 0 Å². The molecule has 0 aliphatic carbocycles. The first kappa shape index (κ1) is 14.4. The van der Waals surface area contributed by atoms with E-state index in [0.29, 0.717) is 6.54 Å². The molecular formula is C13H18ClNOS. The molecule has 0 fully saturated rings. The van der Waals surface area contributed by atoms with Gasteiger partial charge < -0.3 is 5.32 Å². The van der Waals surface area contributed by atoms with Crippen LogP contribution in [-0.4, -0.2) is 18.2 Å². The minimum atomic E-state index is -0.315. The van der Waals surface area contributed by atoms with Crippen molar-refractivity contribution >= 4 is 29.3 Å². The van der Waals surface area contributed by atoms with Crippen molar-refractivity contribution < 1.29 is 4.79 Å². The van der Waals surface area contributed by atoms with Gasteiger partial charge in [-0.1, -0.05) is 32.4 Å². The predicted octanol–water partition coefficient (Wildman–Crippen LogP) is 3.59. The third kappa shape index (κ3) is 5.46. The highest BCUT2D eigenvalue weighted by Gasteiger charge is 2.20. The summed E-state index contributed by atoms with van der Waals surface area (Å²) in [7, 11) is 0. The minimum Gasteiger partial charge on any atom is -0.355 e. The molecule has 0 aromatic heterocycles. The first-order valence-corrected chi connectivity index (χ1v) is 6.92. The number of halogens is 1. The van der Waals surface area contributed by atoms with Gasteiger partial charge in [0.05, 0.1) is 0 Å². The first-order valence-electron chi connectivity index (χ1n) is 5.56. The van der Waals surface area contributed by atoms with E-state index in [4.69, 9.17) is 11.6 Å². The van der Waals surface area contributed by atoms with Crippen LogP contribution in [0.2, 0.25) is 5.02 Å². The van der Waals surface area contributed by atoms with Crippen LogP contribution in [0.1, 0.15) is 20.8 Å². The van der Waals surface area contributed by atoms with Crippen molar-refractivity contribution in [1.82, 2.24) is 5.32 Å². The molecule has 0 atom stereocenters. The van der Waals surface area contributed by atoms with Gasteiger partial charge in [-0.2, -0.15) is 0 Å². The number of nitrogens with one attached hydrogen (secondary N) is 1. The van der Waals surface area contributed by atoms with Gasteiger partial charge >= 0.3 is 0 Å². The Bertz CT molecular complexity index is 370. The second-order valence-electron chi connectivity index (χ2n) is 4.81. The van der Waals surface area contributed by atoms with Crippen LogP contribution in [0.3, 0.4) is 0 Å². The molecule has 94 valence electrons. The lowest BCUT2D eigenvalue weighted by atomic mass is 9.96. The summed E-state index contributed by atoms with van der Waals surface area (Å²) in [6.45, 7) is 6.42. The zero-order valence-electron chi connectivity index (χ0n) is 10.4. The SMILES string of the molecule is CC(C)(C)C(=O)NCCSc1ccc(Cl)cc1. The Morgan fingerprint density at radius 2 is 1.88 bits per heavy atom. The lowest BCUT2D eigenvalue weighted by molar-refractivity contribution is -0.128. The third-order valence-corrected chi connectivity index (χ3v) is 3.42. The monoisotopic (exact) mass is 271 g/mol. The molecule has 0 heterocycles. The largest absolute Gasteiger partial charge is 0.355 e. The second-order valence-corrected chi connectivity index (χ2v) is 6.41. The van der Waals surface area contributed by atoms with Crippen molar-refractivity contribution in [2.24, 2.45) is 5.41 Å². The van der Waals surface area contributed by atoms with Gasteiger partial charge in [0.2, 0.25) is 5.91 Å². The highest BCUT2D eigenvalue weighted by Crippen LogP contribution is 2.20. The molecule has 0 unspecified atom stereocenters. The maximum Gasteiger partial charge on any atom is 0.225 e. The van der Waals surface area contributed by atoms with E-state index >= 15 is 0 Å². The third-order valence-electron chi connectivity index (χ3n) is 2.15. The molecule has 1 amide bonds. The van der Waals surface area contributed by atoms with Gasteiger partial charge in [0.1, 0.15) is 0 Å². The number of benzene rings is 1. The summed E-state index contributed by atoms with van der Waals surface area (Å²) in [6, 6.07) is 7.71. The van der Waals surface area contributed by atoms with Crippen LogP contribution in [0, 0.1) is 5.41 Å². The van der Waals surface area contributed by atoms with E-state index in [2.05, 4.69) is 5.32 Å². The van der Waals surface area contributed by atoms with Crippen LogP contribution in [0.25, 0.3) is 0 Å². The molecule has 17 heavy (non-hydrogen) atoms. The molecule has 1 aromatic carbocycles. The number of hydrogen-bond acceptors (Lipinski definition) is 2. The Labute approximate surface area is 112 Å². The van der Waals surface area contributed by atoms with Crippen molar-refractivity contribution in [3.05, 3.63) is 29.3 Å². The van der Waals surface area contributed by atoms with Gasteiger partial charge in [-0.25, -0.2) is 0 Å². The highest BCUT2D eigenvalue weighted by atomic mass is 35.5. The van der Waals surface area contributed by atoms with Crippen LogP contribution in [0.15, 0.2) is 29.2 Å². The van der Waals surface area contributed by atoms with E-state index in [1.807, 2.05) is 45.0 Å². The molecule has 1 aromatic rings. The van der Waals surface area contributed by atoms with Gasteiger partial charge in [0.15, 0.2) is 0 Å². The van der Waals surface area contributed by atoms with E-state index in [1.165, 1.54) is 4.90 Å². The fraction of sp³-hybridized carbons (Fsp3) is 0.462. The quantitative estimate of drug-likeness (QED) is 0.670. The van der Waals surface area contributed by atoms with Crippen molar-refractivity contribution in [2.45, 2.75) is 25.7 Å². The number of carbonyl (C=O) groups is 1. The molecule has 4 heteroatoms. The van der Waals surface area contributed by atoms with Crippen molar-refractivity contribution in [2.75, 3.05) is 12.3 Å². The first-order chi connectivity index (χ1) is 7.89. The summed E-state index contributed by atoms with van der Waals surface area (Å²) in [5.41, 5.74) is -0.315. The van der Waals surface area contributed by atoms with Crippen LogP contribution in [-0.2, 0) is 4.79 Å². The number of carbonyl (C=O) groups excluding carboxylic acids is 1. The molecule has 1 N–H and O–H groups in total. The smallest absolute Gasteiger partial charge is 0.225 e. The zero-order valence-corrected chi connectivity index (χ0v) is 12.0. The van der Waals surface area contributed by atoms with E-state index in [9.17, 15) is 4.79 Å². The predicted molar refractivity (Wildman–Crippen MR) is 74.6 cm³/mol. The number of rotatable bonds is 4. The normalized spacial score (nSPS) is 11.3. The lowest BCUT2D eigenvalue weighted by Gasteiger charge is -2.17. The van der Waals surface area contributed by atoms with Gasteiger partial charge in [0, 0.05) is 27.6 Å². The summed E-state index contributed by atoms with van der Waals surface area (Å²) in [6.07, 6.45) is 0. The van der Waals surface area contributed by atoms with Crippen LogP contribution in [0.5, 0.6) is 0 Å². The van der Waals surface area contributed by atoms with Gasteiger partial charge in [-0.15, -0.1) is 11.8 Å². The Balaban J connectivity index is 2.25. The maximum atomic E-state index is 11.6. The summed E-state index contributed by atoms with van der Waals surface area (Å²) in [4.78, 5) is 12.7. The Hall–Kier alpha value is -0.670. The Kier molecular flexibility index (Phi) is 5.34. The van der Waals surface area contributed by atoms with E-state index in [-0.39, 0.29) is 11.3 Å². The Morgan fingerprint density at radius 1 is 1.29 bits per heavy atom. The second kappa shape index (κ2) is 6.31. The zero-order chi connectivity index (χ0) is 12.9. The average molecular weight is 272 g/mol. The Morgan fingerprint density at radius 3 is 2.41 bits per heavy atom. The molecule has 0 spiro atoms. The molecule has 0 saturated carbocycles. The fourth-order valence-corrected chi connectivity index (χ4v) is 2.02. The number of thioether (sulfide) groups is 1. The van der Waals surface area contributed by atoms with Crippen LogP contribution >= 0.6 is 23.4 Å². The summed E-state index contributed by atoms with van der Waals surface area (Å²) in [5.74, 6) is 0.956. The average Bonchev–Trinajstić information content (AvgIpc) is 2.25. The fourth-order valence-electron chi connectivity index (χ4n) is 1.13. The van der Waals surface area contributed by atoms with E-state index < -0.39 is 0 Å². The maximum absolute atomic E-state index is 11.6. The minimum absolute atomic E-state index is 0.0919. The molecule has 0 aliphatic heterocycles. The number of hydrogen-bond donors (Lipinski definition) is 1. The molecule has 0 aliphatic rings. The summed E-state index contributed by atoms with van der Waals surface area (Å²) < 4.78 is 0. The van der Waals surface area contributed by atoms with Crippen LogP contribution < -0.4 is 5.32 Å². The number of amides is 1. The highest BCUT2D eigenvalue weighted by molar-refractivity contribution is 7.99. The van der Waals surface area contributed by atoms with Crippen molar-refractivity contribution in [1.29, 1.82) is 0 Å². The molecule has 0 bridgehead atoms. The standard InChI is InChI=1S/C13H18ClNOS/c1-13(2,3)12(16)15-8-9-17-11-6-4-10(14)5-7-11/h4-7H,8-9H2,1-3H3,(H,15,16). The topological polar surface area (TPSA) is 29.1 Å². The molecule has 0 radical (unpaired) electrons. The van der Waals surface area contributed by atoms with E-state index in [1.54, 1.807) is 11.8 Å².